The average molecular weight is 234 g/mol. The summed E-state index contributed by atoms with van der Waals surface area (Å²) in [6, 6.07) is 0. The van der Waals surface area contributed by atoms with E-state index < -0.39 is 0 Å². The molecular formula is C13H22N4. The predicted molar refractivity (Wildman–Crippen MR) is 71.3 cm³/mol. The van der Waals surface area contributed by atoms with Crippen LogP contribution in [0.25, 0.3) is 0 Å². The van der Waals surface area contributed by atoms with E-state index in [4.69, 9.17) is 5.73 Å². The zero-order valence-corrected chi connectivity index (χ0v) is 11.2. The van der Waals surface area contributed by atoms with Crippen LogP contribution in [-0.4, -0.2) is 23.6 Å². The first-order chi connectivity index (χ1) is 7.99. The number of nitrogen functional groups attached to an aromatic ring is 1. The molecule has 0 bridgehead atoms. The summed E-state index contributed by atoms with van der Waals surface area (Å²) in [5.74, 6) is 3.60. The molecule has 1 fully saturated rings. The molecule has 1 aromatic rings. The van der Waals surface area contributed by atoms with Crippen LogP contribution in [0.5, 0.6) is 0 Å². The van der Waals surface area contributed by atoms with Gasteiger partial charge in [0, 0.05) is 25.1 Å². The van der Waals surface area contributed by atoms with Crippen molar-refractivity contribution in [3.05, 3.63) is 11.4 Å². The maximum absolute atomic E-state index is 5.97. The number of nitrogens with zero attached hydrogens (tertiary/aromatic N) is 3. The summed E-state index contributed by atoms with van der Waals surface area (Å²) in [5.41, 5.74) is 6.96. The topological polar surface area (TPSA) is 55.0 Å². The Morgan fingerprint density at radius 1 is 1.35 bits per heavy atom. The van der Waals surface area contributed by atoms with E-state index in [1.54, 1.807) is 0 Å². The van der Waals surface area contributed by atoms with Crippen LogP contribution < -0.4 is 10.6 Å². The van der Waals surface area contributed by atoms with Crippen molar-refractivity contribution >= 4 is 11.6 Å². The number of hydrogen-bond donors (Lipinski definition) is 1. The van der Waals surface area contributed by atoms with E-state index in [-0.39, 0.29) is 0 Å². The molecular weight excluding hydrogens is 212 g/mol. The first kappa shape index (κ1) is 12.1. The highest BCUT2D eigenvalue weighted by molar-refractivity contribution is 5.56. The molecule has 1 aliphatic rings. The van der Waals surface area contributed by atoms with Crippen LogP contribution >= 0.6 is 0 Å². The van der Waals surface area contributed by atoms with Gasteiger partial charge in [-0.15, -0.1) is 0 Å². The lowest BCUT2D eigenvalue weighted by Gasteiger charge is -2.22. The fourth-order valence-corrected chi connectivity index (χ4v) is 1.94. The number of hydrogen-bond acceptors (Lipinski definition) is 4. The van der Waals surface area contributed by atoms with E-state index >= 15 is 0 Å². The molecule has 0 spiro atoms. The Hall–Kier alpha value is -1.32. The molecule has 0 amide bonds. The molecule has 0 radical (unpaired) electrons. The van der Waals surface area contributed by atoms with Gasteiger partial charge < -0.3 is 10.6 Å². The normalized spacial score (nSPS) is 15.4. The van der Waals surface area contributed by atoms with E-state index in [0.717, 1.165) is 29.7 Å². The van der Waals surface area contributed by atoms with Crippen LogP contribution in [0.1, 0.15) is 44.0 Å². The molecule has 4 heteroatoms. The largest absolute Gasteiger partial charge is 0.383 e. The lowest BCUT2D eigenvalue weighted by Crippen LogP contribution is -2.23. The molecule has 2 N–H and O–H groups in total. The third-order valence-electron chi connectivity index (χ3n) is 3.28. The third kappa shape index (κ3) is 2.68. The van der Waals surface area contributed by atoms with Gasteiger partial charge in [-0.1, -0.05) is 13.8 Å². The Bertz CT molecular complexity index is 410. The zero-order chi connectivity index (χ0) is 12.6. The van der Waals surface area contributed by atoms with Crippen LogP contribution in [0.4, 0.5) is 11.6 Å². The maximum atomic E-state index is 5.97. The summed E-state index contributed by atoms with van der Waals surface area (Å²) >= 11 is 0. The van der Waals surface area contributed by atoms with E-state index in [9.17, 15) is 0 Å². The fraction of sp³-hybridized carbons (Fsp3) is 0.692. The van der Waals surface area contributed by atoms with Crippen LogP contribution in [0.2, 0.25) is 0 Å². The Morgan fingerprint density at radius 2 is 2.00 bits per heavy atom. The standard InChI is InChI=1S/C13H22N4/c1-8(2)12-15-11(14)9(3)13(16-12)17(4)7-10-5-6-10/h8,10H,5-7H2,1-4H3,(H2,14,15,16). The van der Waals surface area contributed by atoms with Crippen molar-refractivity contribution in [1.29, 1.82) is 0 Å². The molecule has 0 saturated heterocycles. The minimum atomic E-state index is 0.311. The average Bonchev–Trinajstić information content (AvgIpc) is 3.05. The highest BCUT2D eigenvalue weighted by Crippen LogP contribution is 2.32. The first-order valence-electron chi connectivity index (χ1n) is 6.34. The van der Waals surface area contributed by atoms with Crippen LogP contribution in [0.15, 0.2) is 0 Å². The van der Waals surface area contributed by atoms with Gasteiger partial charge in [-0.05, 0) is 25.7 Å². The summed E-state index contributed by atoms with van der Waals surface area (Å²) in [6.07, 6.45) is 2.70. The van der Waals surface area contributed by atoms with Crippen molar-refractivity contribution in [2.24, 2.45) is 5.92 Å². The van der Waals surface area contributed by atoms with Gasteiger partial charge in [-0.25, -0.2) is 9.97 Å². The molecule has 1 saturated carbocycles. The summed E-state index contributed by atoms with van der Waals surface area (Å²) < 4.78 is 0. The Morgan fingerprint density at radius 3 is 2.53 bits per heavy atom. The van der Waals surface area contributed by atoms with Crippen molar-refractivity contribution < 1.29 is 0 Å². The molecule has 0 atom stereocenters. The second-order valence-electron chi connectivity index (χ2n) is 5.39. The monoisotopic (exact) mass is 234 g/mol. The summed E-state index contributed by atoms with van der Waals surface area (Å²) in [6.45, 7) is 7.26. The Balaban J connectivity index is 2.29. The molecule has 0 unspecified atom stereocenters. The summed E-state index contributed by atoms with van der Waals surface area (Å²) in [5, 5.41) is 0. The first-order valence-corrected chi connectivity index (χ1v) is 6.34. The number of aromatic nitrogens is 2. The lowest BCUT2D eigenvalue weighted by atomic mass is 10.2. The van der Waals surface area contributed by atoms with Crippen LogP contribution in [0.3, 0.4) is 0 Å². The second-order valence-corrected chi connectivity index (χ2v) is 5.39. The van der Waals surface area contributed by atoms with Gasteiger partial charge in [-0.3, -0.25) is 0 Å². The Labute approximate surface area is 103 Å². The van der Waals surface area contributed by atoms with Gasteiger partial charge in [0.05, 0.1) is 0 Å². The van der Waals surface area contributed by atoms with Crippen molar-refractivity contribution in [3.63, 3.8) is 0 Å². The molecule has 0 aliphatic heterocycles. The van der Waals surface area contributed by atoms with E-state index in [1.165, 1.54) is 12.8 Å². The van der Waals surface area contributed by atoms with Crippen LogP contribution in [-0.2, 0) is 0 Å². The minimum Gasteiger partial charge on any atom is -0.383 e. The molecule has 0 aromatic carbocycles. The summed E-state index contributed by atoms with van der Waals surface area (Å²) in [7, 11) is 2.09. The van der Waals surface area contributed by atoms with Gasteiger partial charge in [-0.2, -0.15) is 0 Å². The van der Waals surface area contributed by atoms with Gasteiger partial charge in [0.1, 0.15) is 17.5 Å². The van der Waals surface area contributed by atoms with Gasteiger partial charge in [0.15, 0.2) is 0 Å². The van der Waals surface area contributed by atoms with Crippen molar-refractivity contribution in [2.75, 3.05) is 24.2 Å². The van der Waals surface area contributed by atoms with Crippen molar-refractivity contribution in [2.45, 2.75) is 39.5 Å². The third-order valence-corrected chi connectivity index (χ3v) is 3.28. The number of anilines is 2. The van der Waals surface area contributed by atoms with E-state index in [0.29, 0.717) is 11.7 Å². The fourth-order valence-electron chi connectivity index (χ4n) is 1.94. The Kier molecular flexibility index (Phi) is 3.22. The molecule has 4 nitrogen and oxygen atoms in total. The molecule has 2 rings (SSSR count). The van der Waals surface area contributed by atoms with Gasteiger partial charge in [0.2, 0.25) is 0 Å². The van der Waals surface area contributed by atoms with Gasteiger partial charge in [0.25, 0.3) is 0 Å². The molecule has 17 heavy (non-hydrogen) atoms. The zero-order valence-electron chi connectivity index (χ0n) is 11.2. The number of rotatable bonds is 4. The lowest BCUT2D eigenvalue weighted by molar-refractivity contribution is 0.739. The highest BCUT2D eigenvalue weighted by atomic mass is 15.2. The maximum Gasteiger partial charge on any atom is 0.137 e. The molecule has 1 heterocycles. The minimum absolute atomic E-state index is 0.311. The van der Waals surface area contributed by atoms with Gasteiger partial charge >= 0.3 is 0 Å². The summed E-state index contributed by atoms with van der Waals surface area (Å²) in [4.78, 5) is 11.2. The van der Waals surface area contributed by atoms with Crippen molar-refractivity contribution in [1.82, 2.24) is 9.97 Å². The molecule has 1 aromatic heterocycles. The quantitative estimate of drug-likeness (QED) is 0.868. The van der Waals surface area contributed by atoms with E-state index in [2.05, 4.69) is 35.8 Å². The van der Waals surface area contributed by atoms with E-state index in [1.807, 2.05) is 6.92 Å². The molecule has 94 valence electrons. The van der Waals surface area contributed by atoms with Crippen molar-refractivity contribution in [3.8, 4) is 0 Å². The van der Waals surface area contributed by atoms with Crippen LogP contribution in [0, 0.1) is 12.8 Å². The number of nitrogens with two attached hydrogens (primary N) is 1. The SMILES string of the molecule is Cc1c(N)nc(C(C)C)nc1N(C)CC1CC1. The second kappa shape index (κ2) is 4.51. The predicted octanol–water partition coefficient (Wildman–Crippen LogP) is 2.34. The molecule has 1 aliphatic carbocycles. The smallest absolute Gasteiger partial charge is 0.137 e. The highest BCUT2D eigenvalue weighted by Gasteiger charge is 2.24.